The van der Waals surface area contributed by atoms with E-state index in [2.05, 4.69) is 20.8 Å². The van der Waals surface area contributed by atoms with E-state index in [1.54, 1.807) is 6.07 Å². The number of carbonyl (C=O) groups excluding carboxylic acids is 2. The Kier molecular flexibility index (Phi) is 6.75. The number of nitrogens with zero attached hydrogens (tertiary/aromatic N) is 1. The van der Waals surface area contributed by atoms with Crippen LogP contribution in [0.4, 0.5) is 5.69 Å². The van der Waals surface area contributed by atoms with Crippen LogP contribution in [-0.2, 0) is 21.4 Å². The zero-order chi connectivity index (χ0) is 28.1. The Morgan fingerprint density at radius 1 is 1.00 bits per heavy atom. The van der Waals surface area contributed by atoms with Gasteiger partial charge in [0.2, 0.25) is 0 Å². The van der Waals surface area contributed by atoms with Gasteiger partial charge >= 0.3 is 0 Å². The van der Waals surface area contributed by atoms with Crippen LogP contribution in [0.2, 0.25) is 0 Å². The van der Waals surface area contributed by atoms with Crippen LogP contribution >= 0.6 is 0 Å². The van der Waals surface area contributed by atoms with Gasteiger partial charge in [-0.05, 0) is 85.3 Å². The van der Waals surface area contributed by atoms with Crippen molar-refractivity contribution in [3.05, 3.63) is 94.6 Å². The van der Waals surface area contributed by atoms with E-state index in [9.17, 15) is 14.7 Å². The highest BCUT2D eigenvalue weighted by molar-refractivity contribution is 6.51. The predicted molar refractivity (Wildman–Crippen MR) is 152 cm³/mol. The van der Waals surface area contributed by atoms with Crippen LogP contribution in [0.5, 0.6) is 11.5 Å². The van der Waals surface area contributed by atoms with E-state index in [0.717, 1.165) is 16.9 Å². The molecule has 0 aliphatic carbocycles. The second-order valence-electron chi connectivity index (χ2n) is 11.7. The number of aliphatic hydroxyl groups excluding tert-OH is 1. The maximum absolute atomic E-state index is 13.6. The molecule has 0 radical (unpaired) electrons. The minimum atomic E-state index is -0.804. The number of ketones is 1. The van der Waals surface area contributed by atoms with Gasteiger partial charge < -0.3 is 14.6 Å². The van der Waals surface area contributed by atoms with Gasteiger partial charge in [-0.15, -0.1) is 0 Å². The molecule has 1 fully saturated rings. The highest BCUT2D eigenvalue weighted by Gasteiger charge is 2.47. The number of aliphatic hydroxyl groups is 1. The minimum Gasteiger partial charge on any atom is -0.507 e. The summed E-state index contributed by atoms with van der Waals surface area (Å²) >= 11 is 0. The Bertz CT molecular complexity index is 1440. The van der Waals surface area contributed by atoms with Gasteiger partial charge in [0, 0.05) is 17.7 Å². The van der Waals surface area contributed by atoms with Gasteiger partial charge in [0.05, 0.1) is 17.7 Å². The third-order valence-electron chi connectivity index (χ3n) is 7.19. The number of Topliss-reactive ketones (excluding diaryl/α,β-unsaturated/α-hetero) is 1. The van der Waals surface area contributed by atoms with Crippen molar-refractivity contribution in [1.29, 1.82) is 0 Å². The molecule has 0 bridgehead atoms. The molecule has 1 amide bonds. The van der Waals surface area contributed by atoms with Crippen molar-refractivity contribution in [2.75, 3.05) is 4.90 Å². The predicted octanol–water partition coefficient (Wildman–Crippen LogP) is 6.72. The van der Waals surface area contributed by atoms with Gasteiger partial charge in [0.15, 0.2) is 0 Å². The molecule has 2 unspecified atom stereocenters. The normalized spacial score (nSPS) is 20.3. The average Bonchev–Trinajstić information content (AvgIpc) is 3.38. The van der Waals surface area contributed by atoms with E-state index in [4.69, 9.17) is 9.47 Å². The Morgan fingerprint density at radius 2 is 1.67 bits per heavy atom. The molecule has 2 atom stereocenters. The van der Waals surface area contributed by atoms with Crippen molar-refractivity contribution in [3.63, 3.8) is 0 Å². The quantitative estimate of drug-likeness (QED) is 0.227. The van der Waals surface area contributed by atoms with Crippen LogP contribution in [-0.4, -0.2) is 29.0 Å². The van der Waals surface area contributed by atoms with Crippen LogP contribution in [0, 0.1) is 0 Å². The largest absolute Gasteiger partial charge is 0.507 e. The van der Waals surface area contributed by atoms with Crippen molar-refractivity contribution >= 4 is 23.1 Å². The van der Waals surface area contributed by atoms with Crippen LogP contribution in [0.25, 0.3) is 5.76 Å². The fraction of sp³-hybridized carbons (Fsp3) is 0.333. The number of rotatable bonds is 5. The minimum absolute atomic E-state index is 0.00863. The lowest BCUT2D eigenvalue weighted by atomic mass is 9.87. The first kappa shape index (κ1) is 26.5. The standard InChI is InChI=1S/C33H35NO5/c1-19(2)38-26-14-7-21(8-15-26)29-28(30(35)22-9-16-27-23(18-22)17-20(3)39-27)31(36)32(37)34(29)25-12-10-24(11-13-25)33(4,5)6/h7-16,18-20,29,35H,17H2,1-6H3/b30-28-. The van der Waals surface area contributed by atoms with Crippen LogP contribution in [0.3, 0.4) is 0 Å². The molecular weight excluding hydrogens is 490 g/mol. The lowest BCUT2D eigenvalue weighted by Crippen LogP contribution is -2.29. The zero-order valence-electron chi connectivity index (χ0n) is 23.3. The average molecular weight is 526 g/mol. The van der Waals surface area contributed by atoms with Gasteiger partial charge in [-0.3, -0.25) is 14.5 Å². The Morgan fingerprint density at radius 3 is 2.28 bits per heavy atom. The van der Waals surface area contributed by atoms with Crippen molar-refractivity contribution in [3.8, 4) is 11.5 Å². The zero-order valence-corrected chi connectivity index (χ0v) is 23.3. The first-order valence-electron chi connectivity index (χ1n) is 13.4. The number of anilines is 1. The van der Waals surface area contributed by atoms with Gasteiger partial charge in [-0.1, -0.05) is 45.0 Å². The third-order valence-corrected chi connectivity index (χ3v) is 7.19. The van der Waals surface area contributed by atoms with Crippen LogP contribution in [0.15, 0.2) is 72.3 Å². The molecule has 2 aliphatic heterocycles. The number of fused-ring (bicyclic) bond motifs is 1. The maximum Gasteiger partial charge on any atom is 0.300 e. The third kappa shape index (κ3) is 5.03. The fourth-order valence-corrected chi connectivity index (χ4v) is 5.26. The Hall–Kier alpha value is -4.06. The van der Waals surface area contributed by atoms with Crippen LogP contribution in [0.1, 0.15) is 69.8 Å². The van der Waals surface area contributed by atoms with E-state index in [1.165, 1.54) is 4.90 Å². The molecule has 1 saturated heterocycles. The Balaban J connectivity index is 1.64. The lowest BCUT2D eigenvalue weighted by molar-refractivity contribution is -0.132. The van der Waals surface area contributed by atoms with Gasteiger partial charge in [0.25, 0.3) is 11.7 Å². The smallest absolute Gasteiger partial charge is 0.300 e. The SMILES string of the molecule is CC(C)Oc1ccc(C2/C(=C(/O)c3ccc4c(c3)CC(C)O4)C(=O)C(=O)N2c2ccc(C(C)(C)C)cc2)cc1. The maximum atomic E-state index is 13.6. The highest BCUT2D eigenvalue weighted by Crippen LogP contribution is 2.43. The molecule has 39 heavy (non-hydrogen) atoms. The molecular formula is C33H35NO5. The molecule has 3 aromatic carbocycles. The lowest BCUT2D eigenvalue weighted by Gasteiger charge is -2.27. The number of hydrogen-bond acceptors (Lipinski definition) is 5. The summed E-state index contributed by atoms with van der Waals surface area (Å²) in [5.74, 6) is -0.128. The van der Waals surface area contributed by atoms with E-state index >= 15 is 0 Å². The van der Waals surface area contributed by atoms with Gasteiger partial charge in [-0.25, -0.2) is 0 Å². The molecule has 2 heterocycles. The summed E-state index contributed by atoms with van der Waals surface area (Å²) in [5, 5.41) is 11.5. The van der Waals surface area contributed by atoms with Gasteiger partial charge in [-0.2, -0.15) is 0 Å². The van der Waals surface area contributed by atoms with E-state index in [1.807, 2.05) is 81.4 Å². The summed E-state index contributed by atoms with van der Waals surface area (Å²) < 4.78 is 11.6. The molecule has 0 aromatic heterocycles. The second-order valence-corrected chi connectivity index (χ2v) is 11.7. The molecule has 6 nitrogen and oxygen atoms in total. The van der Waals surface area contributed by atoms with Crippen molar-refractivity contribution in [2.45, 2.75) is 71.6 Å². The molecule has 2 aliphatic rings. The number of hydrogen-bond donors (Lipinski definition) is 1. The van der Waals surface area contributed by atoms with E-state index < -0.39 is 17.7 Å². The first-order valence-corrected chi connectivity index (χ1v) is 13.4. The first-order chi connectivity index (χ1) is 18.4. The van der Waals surface area contributed by atoms with Crippen LogP contribution < -0.4 is 14.4 Å². The second kappa shape index (κ2) is 9.92. The molecule has 0 spiro atoms. The fourth-order valence-electron chi connectivity index (χ4n) is 5.26. The summed E-state index contributed by atoms with van der Waals surface area (Å²) in [4.78, 5) is 28.6. The summed E-state index contributed by atoms with van der Waals surface area (Å²) in [5.41, 5.74) is 3.85. The van der Waals surface area contributed by atoms with Gasteiger partial charge in [0.1, 0.15) is 23.4 Å². The Labute approximate surface area is 229 Å². The molecule has 1 N–H and O–H groups in total. The monoisotopic (exact) mass is 525 g/mol. The summed E-state index contributed by atoms with van der Waals surface area (Å²) in [6.07, 6.45) is 0.769. The van der Waals surface area contributed by atoms with E-state index in [0.29, 0.717) is 29.0 Å². The molecule has 6 heteroatoms. The van der Waals surface area contributed by atoms with E-state index in [-0.39, 0.29) is 29.0 Å². The highest BCUT2D eigenvalue weighted by atomic mass is 16.5. The number of ether oxygens (including phenoxy) is 2. The molecule has 0 saturated carbocycles. The van der Waals surface area contributed by atoms with Crippen molar-refractivity contribution in [1.82, 2.24) is 0 Å². The van der Waals surface area contributed by atoms with Crippen molar-refractivity contribution in [2.24, 2.45) is 0 Å². The molecule has 5 rings (SSSR count). The number of carbonyl (C=O) groups is 2. The topological polar surface area (TPSA) is 76.1 Å². The molecule has 202 valence electrons. The summed E-state index contributed by atoms with van der Waals surface area (Å²) in [7, 11) is 0. The molecule has 3 aromatic rings. The van der Waals surface area contributed by atoms with Crippen molar-refractivity contribution < 1.29 is 24.2 Å². The number of benzene rings is 3. The summed E-state index contributed by atoms with van der Waals surface area (Å²) in [6, 6.07) is 19.6. The summed E-state index contributed by atoms with van der Waals surface area (Å²) in [6.45, 7) is 12.3. The number of amides is 1.